The van der Waals surface area contributed by atoms with Gasteiger partial charge < -0.3 is 9.64 Å². The molecule has 3 rings (SSSR count). The topological polar surface area (TPSA) is 66.9 Å². The van der Waals surface area contributed by atoms with Crippen LogP contribution in [0, 0.1) is 0 Å². The molecular weight excluding hydrogens is 304 g/mol. The molecule has 2 heterocycles. The Balaban J connectivity index is 1.90. The molecule has 2 aliphatic rings. The van der Waals surface area contributed by atoms with Gasteiger partial charge >= 0.3 is 0 Å². The summed E-state index contributed by atoms with van der Waals surface area (Å²) in [6, 6.07) is 6.97. The number of ether oxygens (including phenoxy) is 1. The number of benzene rings is 1. The zero-order valence-corrected chi connectivity index (χ0v) is 13.4. The fourth-order valence-corrected chi connectivity index (χ4v) is 3.93. The lowest BCUT2D eigenvalue weighted by atomic mass is 10.2. The van der Waals surface area contributed by atoms with Gasteiger partial charge in [0.1, 0.15) is 5.75 Å². The molecule has 1 aromatic rings. The second kappa shape index (κ2) is 5.79. The van der Waals surface area contributed by atoms with Crippen LogP contribution in [0.2, 0.25) is 0 Å². The van der Waals surface area contributed by atoms with Crippen molar-refractivity contribution < 1.29 is 17.9 Å². The van der Waals surface area contributed by atoms with Crippen LogP contribution in [0.15, 0.2) is 24.3 Å². The molecular formula is C15H20N2O4S. The van der Waals surface area contributed by atoms with E-state index in [1.807, 2.05) is 4.90 Å². The number of carbonyl (C=O) groups excluding carboxylic acids is 1. The smallest absolute Gasteiger partial charge is 0.263 e. The average Bonchev–Trinajstić information content (AvgIpc) is 2.92. The lowest BCUT2D eigenvalue weighted by Gasteiger charge is -2.22. The third kappa shape index (κ3) is 2.90. The van der Waals surface area contributed by atoms with Gasteiger partial charge in [-0.1, -0.05) is 12.1 Å². The van der Waals surface area contributed by atoms with E-state index >= 15 is 0 Å². The zero-order valence-electron chi connectivity index (χ0n) is 12.6. The first-order chi connectivity index (χ1) is 10.5. The molecule has 1 atom stereocenters. The highest BCUT2D eigenvalue weighted by Gasteiger charge is 2.33. The van der Waals surface area contributed by atoms with E-state index in [9.17, 15) is 13.2 Å². The maximum Gasteiger partial charge on any atom is 0.263 e. The number of amides is 1. The van der Waals surface area contributed by atoms with Crippen molar-refractivity contribution in [3.8, 4) is 5.75 Å². The van der Waals surface area contributed by atoms with Crippen molar-refractivity contribution >= 4 is 21.6 Å². The molecule has 0 saturated carbocycles. The quantitative estimate of drug-likeness (QED) is 0.820. The minimum Gasteiger partial charge on any atom is -0.478 e. The molecule has 0 aromatic heterocycles. The molecule has 0 spiro atoms. The van der Waals surface area contributed by atoms with Crippen molar-refractivity contribution in [2.75, 3.05) is 30.2 Å². The highest BCUT2D eigenvalue weighted by atomic mass is 32.2. The Kier molecular flexibility index (Phi) is 3.99. The third-order valence-corrected chi connectivity index (χ3v) is 5.27. The summed E-state index contributed by atoms with van der Waals surface area (Å²) >= 11 is 0. The second-order valence-electron chi connectivity index (χ2n) is 5.73. The minimum atomic E-state index is -3.40. The summed E-state index contributed by atoms with van der Waals surface area (Å²) in [5, 5.41) is 0. The van der Waals surface area contributed by atoms with Gasteiger partial charge in [0.15, 0.2) is 6.10 Å². The first kappa shape index (κ1) is 15.1. The maximum atomic E-state index is 12.6. The van der Waals surface area contributed by atoms with E-state index in [0.29, 0.717) is 17.9 Å². The van der Waals surface area contributed by atoms with E-state index in [1.54, 1.807) is 24.3 Å². The SMILES string of the molecule is CS(=O)(=O)N1CC[C@@H](C(=O)N2CCCC2)Oc2ccccc21. The summed E-state index contributed by atoms with van der Waals surface area (Å²) in [6.45, 7) is 1.77. The van der Waals surface area contributed by atoms with Crippen LogP contribution >= 0.6 is 0 Å². The molecule has 1 aromatic carbocycles. The summed E-state index contributed by atoms with van der Waals surface area (Å²) in [5.41, 5.74) is 0.502. The molecule has 0 radical (unpaired) electrons. The normalized spacial score (nSPS) is 22.0. The second-order valence-corrected chi connectivity index (χ2v) is 7.64. The summed E-state index contributed by atoms with van der Waals surface area (Å²) in [6.07, 6.45) is 2.95. The molecule has 0 bridgehead atoms. The van der Waals surface area contributed by atoms with Gasteiger partial charge in [0.05, 0.1) is 11.9 Å². The molecule has 2 aliphatic heterocycles. The molecule has 1 saturated heterocycles. The Morgan fingerprint density at radius 1 is 1.18 bits per heavy atom. The van der Waals surface area contributed by atoms with Crippen LogP contribution in [0.5, 0.6) is 5.75 Å². The summed E-state index contributed by atoms with van der Waals surface area (Å²) < 4.78 is 31.2. The summed E-state index contributed by atoms with van der Waals surface area (Å²) in [7, 11) is -3.40. The number of rotatable bonds is 2. The Labute approximate surface area is 130 Å². The average molecular weight is 324 g/mol. The number of para-hydroxylation sites is 2. The molecule has 1 amide bonds. The highest BCUT2D eigenvalue weighted by Crippen LogP contribution is 2.34. The van der Waals surface area contributed by atoms with Crippen LogP contribution in [0.3, 0.4) is 0 Å². The van der Waals surface area contributed by atoms with Crippen molar-refractivity contribution in [1.82, 2.24) is 4.90 Å². The van der Waals surface area contributed by atoms with E-state index in [-0.39, 0.29) is 12.5 Å². The third-order valence-electron chi connectivity index (χ3n) is 4.09. The van der Waals surface area contributed by atoms with E-state index < -0.39 is 16.1 Å². The fraction of sp³-hybridized carbons (Fsp3) is 0.533. The number of hydrogen-bond donors (Lipinski definition) is 0. The number of sulfonamides is 1. The van der Waals surface area contributed by atoms with E-state index in [4.69, 9.17) is 4.74 Å². The van der Waals surface area contributed by atoms with E-state index in [2.05, 4.69) is 0 Å². The van der Waals surface area contributed by atoms with Crippen molar-refractivity contribution in [1.29, 1.82) is 0 Å². The summed E-state index contributed by atoms with van der Waals surface area (Å²) in [5.74, 6) is 0.408. The maximum absolute atomic E-state index is 12.6. The number of anilines is 1. The fourth-order valence-electron chi connectivity index (χ4n) is 2.99. The number of fused-ring (bicyclic) bond motifs is 1. The molecule has 120 valence electrons. The lowest BCUT2D eigenvalue weighted by molar-refractivity contribution is -0.137. The van der Waals surface area contributed by atoms with E-state index in [0.717, 1.165) is 25.9 Å². The Hall–Kier alpha value is -1.76. The Bertz CT molecular complexity index is 668. The number of carbonyl (C=O) groups is 1. The van der Waals surface area contributed by atoms with Crippen LogP contribution in [-0.4, -0.2) is 51.2 Å². The van der Waals surface area contributed by atoms with Gasteiger partial charge in [-0.25, -0.2) is 8.42 Å². The van der Waals surface area contributed by atoms with Crippen molar-refractivity contribution in [3.05, 3.63) is 24.3 Å². The predicted molar refractivity (Wildman–Crippen MR) is 83.5 cm³/mol. The van der Waals surface area contributed by atoms with E-state index in [1.165, 1.54) is 10.6 Å². The van der Waals surface area contributed by atoms with Gasteiger partial charge in [0.2, 0.25) is 10.0 Å². The van der Waals surface area contributed by atoms with Crippen molar-refractivity contribution in [2.45, 2.75) is 25.4 Å². The van der Waals surface area contributed by atoms with Gasteiger partial charge in [-0.3, -0.25) is 9.10 Å². The Morgan fingerprint density at radius 3 is 2.55 bits per heavy atom. The molecule has 1 fully saturated rings. The first-order valence-corrected chi connectivity index (χ1v) is 9.34. The van der Waals surface area contributed by atoms with Crippen molar-refractivity contribution in [2.24, 2.45) is 0 Å². The molecule has 0 aliphatic carbocycles. The molecule has 6 nitrogen and oxygen atoms in total. The lowest BCUT2D eigenvalue weighted by Crippen LogP contribution is -2.41. The van der Waals surface area contributed by atoms with Crippen LogP contribution < -0.4 is 9.04 Å². The van der Waals surface area contributed by atoms with Gasteiger partial charge in [0, 0.05) is 26.1 Å². The molecule has 0 N–H and O–H groups in total. The van der Waals surface area contributed by atoms with Gasteiger partial charge in [-0.05, 0) is 25.0 Å². The van der Waals surface area contributed by atoms with Crippen LogP contribution in [0.25, 0.3) is 0 Å². The molecule has 0 unspecified atom stereocenters. The first-order valence-electron chi connectivity index (χ1n) is 7.49. The summed E-state index contributed by atoms with van der Waals surface area (Å²) in [4.78, 5) is 14.4. The minimum absolute atomic E-state index is 0.0392. The predicted octanol–water partition coefficient (Wildman–Crippen LogP) is 1.23. The standard InChI is InChI=1S/C15H20N2O4S/c1-22(19,20)17-11-8-14(15(18)16-9-4-5-10-16)21-13-7-3-2-6-12(13)17/h2-3,6-7,14H,4-5,8-11H2,1H3/t14-/m0/s1. The van der Waals surface area contributed by atoms with Crippen LogP contribution in [0.1, 0.15) is 19.3 Å². The number of hydrogen-bond acceptors (Lipinski definition) is 4. The number of likely N-dealkylation sites (tertiary alicyclic amines) is 1. The monoisotopic (exact) mass is 324 g/mol. The van der Waals surface area contributed by atoms with Gasteiger partial charge in [-0.15, -0.1) is 0 Å². The Morgan fingerprint density at radius 2 is 1.86 bits per heavy atom. The molecule has 22 heavy (non-hydrogen) atoms. The number of nitrogens with zero attached hydrogens (tertiary/aromatic N) is 2. The zero-order chi connectivity index (χ0) is 15.7. The van der Waals surface area contributed by atoms with Crippen LogP contribution in [0.4, 0.5) is 5.69 Å². The van der Waals surface area contributed by atoms with Crippen LogP contribution in [-0.2, 0) is 14.8 Å². The van der Waals surface area contributed by atoms with Gasteiger partial charge in [-0.2, -0.15) is 0 Å². The van der Waals surface area contributed by atoms with Gasteiger partial charge in [0.25, 0.3) is 5.91 Å². The van der Waals surface area contributed by atoms with Crippen molar-refractivity contribution in [3.63, 3.8) is 0 Å². The highest BCUT2D eigenvalue weighted by molar-refractivity contribution is 7.92. The molecule has 7 heteroatoms. The largest absolute Gasteiger partial charge is 0.478 e.